The van der Waals surface area contributed by atoms with Crippen LogP contribution in [0.1, 0.15) is 24.1 Å². The maximum atomic E-state index is 13.1. The van der Waals surface area contributed by atoms with E-state index in [9.17, 15) is 18.3 Å². The molecule has 0 aromatic carbocycles. The summed E-state index contributed by atoms with van der Waals surface area (Å²) in [5.74, 6) is 0.786. The molecular formula is C19H17F3N8O. The van der Waals surface area contributed by atoms with Crippen molar-refractivity contribution in [3.8, 4) is 11.5 Å². The minimum Gasteiger partial charge on any atom is -0.383 e. The molecule has 1 unspecified atom stereocenters. The first-order valence-electron chi connectivity index (χ1n) is 9.54. The molecule has 1 aliphatic heterocycles. The molecule has 5 rings (SSSR count). The highest BCUT2D eigenvalue weighted by Gasteiger charge is 2.36. The van der Waals surface area contributed by atoms with E-state index in [1.165, 1.54) is 16.8 Å². The van der Waals surface area contributed by atoms with Gasteiger partial charge in [-0.05, 0) is 18.9 Å². The molecule has 9 nitrogen and oxygen atoms in total. The quantitative estimate of drug-likeness (QED) is 0.514. The van der Waals surface area contributed by atoms with E-state index in [-0.39, 0.29) is 11.5 Å². The van der Waals surface area contributed by atoms with Crippen molar-refractivity contribution in [3.63, 3.8) is 0 Å². The molecule has 0 bridgehead atoms. The zero-order chi connectivity index (χ0) is 21.6. The Morgan fingerprint density at radius 3 is 2.77 bits per heavy atom. The minimum absolute atomic E-state index is 0.224. The Kier molecular flexibility index (Phi) is 4.39. The van der Waals surface area contributed by atoms with Gasteiger partial charge in [-0.1, -0.05) is 0 Å². The van der Waals surface area contributed by atoms with Gasteiger partial charge in [-0.25, -0.2) is 19.9 Å². The summed E-state index contributed by atoms with van der Waals surface area (Å²) in [7, 11) is 0. The molecule has 4 aromatic rings. The Hall–Kier alpha value is -3.54. The largest absolute Gasteiger partial charge is 0.434 e. The van der Waals surface area contributed by atoms with Gasteiger partial charge in [-0.3, -0.25) is 9.50 Å². The van der Waals surface area contributed by atoms with E-state index in [0.717, 1.165) is 18.8 Å². The standard InChI is InChI=1S/C19H17F3N8O/c20-19(21,22)14-10-30-13(8-25-16(30)9-24-14)17-23-4-2-15(28-17)29-5-1-3-18(31,11-29)12-6-26-27-7-12/h2,4,6-10,31H,1,3,5,11H2,(H,26,27). The lowest BCUT2D eigenvalue weighted by molar-refractivity contribution is -0.141. The number of rotatable bonds is 3. The molecule has 1 aliphatic rings. The van der Waals surface area contributed by atoms with Crippen molar-refractivity contribution in [2.24, 2.45) is 0 Å². The summed E-state index contributed by atoms with van der Waals surface area (Å²) < 4.78 is 40.5. The van der Waals surface area contributed by atoms with Gasteiger partial charge in [-0.15, -0.1) is 0 Å². The van der Waals surface area contributed by atoms with Gasteiger partial charge in [0.1, 0.15) is 17.1 Å². The first kappa shape index (κ1) is 19.4. The van der Waals surface area contributed by atoms with Crippen LogP contribution in [-0.2, 0) is 11.8 Å². The van der Waals surface area contributed by atoms with Crippen molar-refractivity contribution in [2.45, 2.75) is 24.6 Å². The number of aromatic nitrogens is 7. The number of piperidine rings is 1. The van der Waals surface area contributed by atoms with Gasteiger partial charge in [0, 0.05) is 30.7 Å². The predicted molar refractivity (Wildman–Crippen MR) is 103 cm³/mol. The number of nitrogens with zero attached hydrogens (tertiary/aromatic N) is 7. The highest BCUT2D eigenvalue weighted by atomic mass is 19.4. The van der Waals surface area contributed by atoms with Crippen LogP contribution in [0.4, 0.5) is 19.0 Å². The molecule has 12 heteroatoms. The molecule has 0 amide bonds. The van der Waals surface area contributed by atoms with Crippen LogP contribution >= 0.6 is 0 Å². The molecule has 1 fully saturated rings. The number of fused-ring (bicyclic) bond motifs is 1. The van der Waals surface area contributed by atoms with Crippen molar-refractivity contribution in [2.75, 3.05) is 18.0 Å². The van der Waals surface area contributed by atoms with Gasteiger partial charge in [0.05, 0.1) is 25.1 Å². The molecule has 1 atom stereocenters. The molecule has 1 saturated heterocycles. The third kappa shape index (κ3) is 3.48. The van der Waals surface area contributed by atoms with E-state index in [2.05, 4.69) is 30.1 Å². The zero-order valence-corrected chi connectivity index (χ0v) is 16.1. The molecular weight excluding hydrogens is 413 g/mol. The third-order valence-corrected chi connectivity index (χ3v) is 5.39. The van der Waals surface area contributed by atoms with Gasteiger partial charge in [0.2, 0.25) is 0 Å². The Bertz CT molecular complexity index is 1220. The smallest absolute Gasteiger partial charge is 0.383 e. The SMILES string of the molecule is OC1(c2cn[nH]c2)CCCN(c2ccnc(-c3cnc4cnc(C(F)(F)F)cn34)n2)C1. The maximum absolute atomic E-state index is 13.1. The van der Waals surface area contributed by atoms with Crippen LogP contribution in [0.5, 0.6) is 0 Å². The Morgan fingerprint density at radius 1 is 1.13 bits per heavy atom. The number of H-pyrrole nitrogens is 1. The summed E-state index contributed by atoms with van der Waals surface area (Å²) in [6.45, 7) is 0.976. The number of anilines is 1. The zero-order valence-electron chi connectivity index (χ0n) is 16.1. The first-order valence-corrected chi connectivity index (χ1v) is 9.54. The Morgan fingerprint density at radius 2 is 2.00 bits per heavy atom. The third-order valence-electron chi connectivity index (χ3n) is 5.39. The number of imidazole rings is 1. The van der Waals surface area contributed by atoms with E-state index in [4.69, 9.17) is 0 Å². The van der Waals surface area contributed by atoms with Crippen molar-refractivity contribution in [1.29, 1.82) is 0 Å². The van der Waals surface area contributed by atoms with Crippen LogP contribution in [0, 0.1) is 0 Å². The van der Waals surface area contributed by atoms with Gasteiger partial charge < -0.3 is 10.0 Å². The first-order chi connectivity index (χ1) is 14.8. The normalized spacial score (nSPS) is 19.8. The summed E-state index contributed by atoms with van der Waals surface area (Å²) in [4.78, 5) is 18.2. The highest BCUT2D eigenvalue weighted by molar-refractivity contribution is 5.58. The summed E-state index contributed by atoms with van der Waals surface area (Å²) in [6.07, 6.45) is 4.89. The van der Waals surface area contributed by atoms with E-state index in [1.54, 1.807) is 18.5 Å². The number of nitrogens with one attached hydrogen (secondary N) is 1. The fourth-order valence-corrected chi connectivity index (χ4v) is 3.82. The topological polar surface area (TPSA) is 108 Å². The maximum Gasteiger partial charge on any atom is 0.434 e. The average molecular weight is 430 g/mol. The molecule has 5 heterocycles. The van der Waals surface area contributed by atoms with Crippen molar-refractivity contribution >= 4 is 11.5 Å². The predicted octanol–water partition coefficient (Wildman–Crippen LogP) is 2.42. The van der Waals surface area contributed by atoms with Gasteiger partial charge in [0.15, 0.2) is 17.2 Å². The molecule has 2 N–H and O–H groups in total. The summed E-state index contributed by atoms with van der Waals surface area (Å²) in [6, 6.07) is 1.70. The van der Waals surface area contributed by atoms with Crippen LogP contribution in [0.25, 0.3) is 17.2 Å². The molecule has 31 heavy (non-hydrogen) atoms. The number of aliphatic hydroxyl groups is 1. The number of alkyl halides is 3. The van der Waals surface area contributed by atoms with Crippen molar-refractivity contribution in [1.82, 2.24) is 34.5 Å². The molecule has 4 aromatic heterocycles. The average Bonchev–Trinajstić information content (AvgIpc) is 3.43. The number of hydrogen-bond acceptors (Lipinski definition) is 7. The number of aromatic amines is 1. The van der Waals surface area contributed by atoms with Crippen LogP contribution < -0.4 is 4.90 Å². The molecule has 0 radical (unpaired) electrons. The summed E-state index contributed by atoms with van der Waals surface area (Å²) in [5, 5.41) is 17.7. The van der Waals surface area contributed by atoms with Crippen LogP contribution in [-0.4, -0.2) is 52.7 Å². The Labute approximate surface area is 173 Å². The fraction of sp³-hybridized carbons (Fsp3) is 0.316. The lowest BCUT2D eigenvalue weighted by Gasteiger charge is -2.39. The lowest BCUT2D eigenvalue weighted by Crippen LogP contribution is -2.46. The van der Waals surface area contributed by atoms with Crippen LogP contribution in [0.3, 0.4) is 0 Å². The molecule has 0 spiro atoms. The molecule has 0 saturated carbocycles. The summed E-state index contributed by atoms with van der Waals surface area (Å²) in [5.41, 5.74) is -0.847. The number of hydrogen-bond donors (Lipinski definition) is 2. The second kappa shape index (κ2) is 7.01. The second-order valence-electron chi connectivity index (χ2n) is 7.42. The van der Waals surface area contributed by atoms with E-state index < -0.39 is 17.5 Å². The number of halogens is 3. The lowest BCUT2D eigenvalue weighted by atomic mass is 9.87. The second-order valence-corrected chi connectivity index (χ2v) is 7.42. The highest BCUT2D eigenvalue weighted by Crippen LogP contribution is 2.33. The van der Waals surface area contributed by atoms with Crippen LogP contribution in [0.15, 0.2) is 43.2 Å². The van der Waals surface area contributed by atoms with Gasteiger partial charge in [0.25, 0.3) is 0 Å². The molecule has 0 aliphatic carbocycles. The summed E-state index contributed by atoms with van der Waals surface area (Å²) >= 11 is 0. The Balaban J connectivity index is 1.50. The fourth-order valence-electron chi connectivity index (χ4n) is 3.82. The molecule has 160 valence electrons. The van der Waals surface area contributed by atoms with E-state index >= 15 is 0 Å². The van der Waals surface area contributed by atoms with E-state index in [0.29, 0.717) is 36.6 Å². The van der Waals surface area contributed by atoms with Crippen molar-refractivity contribution in [3.05, 3.63) is 54.5 Å². The van der Waals surface area contributed by atoms with Crippen molar-refractivity contribution < 1.29 is 18.3 Å². The van der Waals surface area contributed by atoms with E-state index in [1.807, 2.05) is 4.90 Å². The van der Waals surface area contributed by atoms with Crippen LogP contribution in [0.2, 0.25) is 0 Å². The monoisotopic (exact) mass is 430 g/mol. The minimum atomic E-state index is -4.58. The van der Waals surface area contributed by atoms with Gasteiger partial charge >= 0.3 is 6.18 Å². The number of β-amino-alcohol motifs (C(OH)–C–C–N with tert-alkyl or cyclic N) is 1. The van der Waals surface area contributed by atoms with Gasteiger partial charge in [-0.2, -0.15) is 18.3 Å².